The predicted molar refractivity (Wildman–Crippen MR) is 78.9 cm³/mol. The molecule has 0 aromatic heterocycles. The third-order valence-corrected chi connectivity index (χ3v) is 3.72. The summed E-state index contributed by atoms with van der Waals surface area (Å²) in [4.78, 5) is 16.6. The third kappa shape index (κ3) is 3.49. The summed E-state index contributed by atoms with van der Waals surface area (Å²) >= 11 is 0. The number of carbonyl (C=O) groups excluding carboxylic acids is 1. The van der Waals surface area contributed by atoms with Crippen LogP contribution in [0, 0.1) is 6.92 Å². The molecule has 0 bridgehead atoms. The average molecular weight is 277 g/mol. The first-order chi connectivity index (χ1) is 9.61. The molecular formula is C15H23N3O2. The van der Waals surface area contributed by atoms with E-state index in [0.29, 0.717) is 25.2 Å². The number of phenols is 1. The normalized spacial score (nSPS) is 16.4. The van der Waals surface area contributed by atoms with Crippen LogP contribution in [-0.2, 0) is 0 Å². The van der Waals surface area contributed by atoms with E-state index in [4.69, 9.17) is 5.73 Å². The Hall–Kier alpha value is -1.59. The van der Waals surface area contributed by atoms with Crippen LogP contribution in [0.3, 0.4) is 0 Å². The number of aromatic hydroxyl groups is 1. The molecule has 0 radical (unpaired) electrons. The largest absolute Gasteiger partial charge is 0.507 e. The molecule has 2 rings (SSSR count). The lowest BCUT2D eigenvalue weighted by Crippen LogP contribution is -2.49. The molecule has 110 valence electrons. The van der Waals surface area contributed by atoms with Crippen LogP contribution in [0.15, 0.2) is 18.2 Å². The van der Waals surface area contributed by atoms with Gasteiger partial charge in [-0.3, -0.25) is 9.69 Å². The first-order valence-electron chi connectivity index (χ1n) is 7.13. The van der Waals surface area contributed by atoms with Gasteiger partial charge in [-0.1, -0.05) is 11.6 Å². The Morgan fingerprint density at radius 2 is 2.00 bits per heavy atom. The number of hydrogen-bond acceptors (Lipinski definition) is 4. The lowest BCUT2D eigenvalue weighted by molar-refractivity contribution is 0.0633. The first-order valence-corrected chi connectivity index (χ1v) is 7.13. The topological polar surface area (TPSA) is 69.8 Å². The molecule has 1 aliphatic rings. The van der Waals surface area contributed by atoms with Gasteiger partial charge in [0.15, 0.2) is 0 Å². The van der Waals surface area contributed by atoms with E-state index < -0.39 is 0 Å². The smallest absolute Gasteiger partial charge is 0.257 e. The van der Waals surface area contributed by atoms with Crippen molar-refractivity contribution in [3.63, 3.8) is 0 Å². The maximum absolute atomic E-state index is 12.4. The van der Waals surface area contributed by atoms with Crippen molar-refractivity contribution in [3.8, 4) is 5.75 Å². The van der Waals surface area contributed by atoms with Gasteiger partial charge in [0, 0.05) is 26.2 Å². The zero-order valence-corrected chi connectivity index (χ0v) is 12.0. The van der Waals surface area contributed by atoms with Gasteiger partial charge in [-0.05, 0) is 38.6 Å². The van der Waals surface area contributed by atoms with Crippen molar-refractivity contribution in [3.05, 3.63) is 29.3 Å². The fraction of sp³-hybridized carbons (Fsp3) is 0.533. The van der Waals surface area contributed by atoms with Gasteiger partial charge in [0.1, 0.15) is 5.75 Å². The molecule has 0 unspecified atom stereocenters. The van der Waals surface area contributed by atoms with E-state index in [-0.39, 0.29) is 11.7 Å². The number of nitrogens with zero attached hydrogens (tertiary/aromatic N) is 2. The summed E-state index contributed by atoms with van der Waals surface area (Å²) in [6, 6.07) is 5.13. The van der Waals surface area contributed by atoms with Crippen LogP contribution < -0.4 is 5.73 Å². The lowest BCUT2D eigenvalue weighted by Gasteiger charge is -2.34. The monoisotopic (exact) mass is 277 g/mol. The fourth-order valence-corrected chi connectivity index (χ4v) is 2.48. The summed E-state index contributed by atoms with van der Waals surface area (Å²) in [6.07, 6.45) is 0.993. The molecule has 1 amide bonds. The van der Waals surface area contributed by atoms with Crippen molar-refractivity contribution in [1.82, 2.24) is 9.80 Å². The van der Waals surface area contributed by atoms with Crippen molar-refractivity contribution >= 4 is 5.91 Å². The minimum absolute atomic E-state index is 0.0613. The van der Waals surface area contributed by atoms with Crippen LogP contribution in [-0.4, -0.2) is 60.1 Å². The number of rotatable bonds is 4. The Bertz CT molecular complexity index is 468. The molecule has 1 aromatic carbocycles. The van der Waals surface area contributed by atoms with Crippen LogP contribution in [0.1, 0.15) is 22.3 Å². The maximum Gasteiger partial charge on any atom is 0.257 e. The number of aryl methyl sites for hydroxylation is 1. The highest BCUT2D eigenvalue weighted by atomic mass is 16.3. The van der Waals surface area contributed by atoms with Gasteiger partial charge < -0.3 is 15.7 Å². The lowest BCUT2D eigenvalue weighted by atomic mass is 10.1. The van der Waals surface area contributed by atoms with E-state index >= 15 is 0 Å². The Morgan fingerprint density at radius 1 is 1.30 bits per heavy atom. The van der Waals surface area contributed by atoms with Crippen LogP contribution in [0.5, 0.6) is 5.75 Å². The molecule has 0 saturated carbocycles. The Balaban J connectivity index is 1.96. The number of hydrogen-bond donors (Lipinski definition) is 2. The summed E-state index contributed by atoms with van der Waals surface area (Å²) in [5, 5.41) is 9.83. The summed E-state index contributed by atoms with van der Waals surface area (Å²) in [6.45, 7) is 6.77. The standard InChI is InChI=1S/C15H23N3O2/c1-12-3-4-14(19)13(11-12)15(20)18-9-7-17(8-10-18)6-2-5-16/h3-4,11,19H,2,5-10,16H2,1H3. The molecular weight excluding hydrogens is 254 g/mol. The molecule has 0 atom stereocenters. The van der Waals surface area contributed by atoms with Crippen LogP contribution in [0.4, 0.5) is 0 Å². The van der Waals surface area contributed by atoms with Gasteiger partial charge in [-0.15, -0.1) is 0 Å². The van der Waals surface area contributed by atoms with Crippen molar-refractivity contribution in [2.45, 2.75) is 13.3 Å². The molecule has 1 aliphatic heterocycles. The summed E-state index contributed by atoms with van der Waals surface area (Å²) in [5.41, 5.74) is 6.89. The van der Waals surface area contributed by atoms with E-state index in [1.165, 1.54) is 0 Å². The van der Waals surface area contributed by atoms with Gasteiger partial charge in [-0.2, -0.15) is 0 Å². The Kier molecular flexibility index (Phi) is 4.98. The van der Waals surface area contributed by atoms with Crippen LogP contribution in [0.2, 0.25) is 0 Å². The summed E-state index contributed by atoms with van der Waals surface area (Å²) in [5.74, 6) is -0.0177. The average Bonchev–Trinajstić information content (AvgIpc) is 2.47. The Labute approximate surface area is 120 Å². The minimum Gasteiger partial charge on any atom is -0.507 e. The number of carbonyl (C=O) groups is 1. The van der Waals surface area contributed by atoms with Crippen molar-refractivity contribution < 1.29 is 9.90 Å². The molecule has 20 heavy (non-hydrogen) atoms. The molecule has 1 aromatic rings. The number of nitrogens with two attached hydrogens (primary N) is 1. The number of amides is 1. The number of piperazine rings is 1. The van der Waals surface area contributed by atoms with Gasteiger partial charge >= 0.3 is 0 Å². The minimum atomic E-state index is -0.0790. The molecule has 1 heterocycles. The van der Waals surface area contributed by atoms with Crippen LogP contribution >= 0.6 is 0 Å². The molecule has 3 N–H and O–H groups in total. The Morgan fingerprint density at radius 3 is 2.65 bits per heavy atom. The zero-order valence-electron chi connectivity index (χ0n) is 12.0. The first kappa shape index (κ1) is 14.8. The quantitative estimate of drug-likeness (QED) is 0.854. The fourth-order valence-electron chi connectivity index (χ4n) is 2.48. The second-order valence-electron chi connectivity index (χ2n) is 5.30. The second-order valence-corrected chi connectivity index (χ2v) is 5.30. The van der Waals surface area contributed by atoms with E-state index in [1.807, 2.05) is 11.8 Å². The SMILES string of the molecule is Cc1ccc(O)c(C(=O)N2CCN(CCCN)CC2)c1. The molecule has 1 saturated heterocycles. The molecule has 1 fully saturated rings. The van der Waals surface area contributed by atoms with Gasteiger partial charge in [-0.25, -0.2) is 0 Å². The predicted octanol–water partition coefficient (Wildman–Crippen LogP) is 0.807. The highest BCUT2D eigenvalue weighted by molar-refractivity contribution is 5.97. The van der Waals surface area contributed by atoms with Crippen molar-refractivity contribution in [2.24, 2.45) is 5.73 Å². The molecule has 0 aliphatic carbocycles. The van der Waals surface area contributed by atoms with E-state index in [2.05, 4.69) is 4.90 Å². The second kappa shape index (κ2) is 6.72. The van der Waals surface area contributed by atoms with Gasteiger partial charge in [0.2, 0.25) is 0 Å². The van der Waals surface area contributed by atoms with Crippen molar-refractivity contribution in [2.75, 3.05) is 39.3 Å². The van der Waals surface area contributed by atoms with Gasteiger partial charge in [0.05, 0.1) is 5.56 Å². The highest BCUT2D eigenvalue weighted by Gasteiger charge is 2.23. The maximum atomic E-state index is 12.4. The number of phenolic OH excluding ortho intramolecular Hbond substituents is 1. The summed E-state index contributed by atoms with van der Waals surface area (Å²) < 4.78 is 0. The molecule has 5 heteroatoms. The number of benzene rings is 1. The van der Waals surface area contributed by atoms with E-state index in [1.54, 1.807) is 18.2 Å². The van der Waals surface area contributed by atoms with Crippen LogP contribution in [0.25, 0.3) is 0 Å². The van der Waals surface area contributed by atoms with Crippen molar-refractivity contribution in [1.29, 1.82) is 0 Å². The van der Waals surface area contributed by atoms with Gasteiger partial charge in [0.25, 0.3) is 5.91 Å². The molecule has 5 nitrogen and oxygen atoms in total. The van der Waals surface area contributed by atoms with E-state index in [9.17, 15) is 9.90 Å². The molecule has 0 spiro atoms. The van der Waals surface area contributed by atoms with E-state index in [0.717, 1.165) is 31.6 Å². The third-order valence-electron chi connectivity index (χ3n) is 3.72. The highest BCUT2D eigenvalue weighted by Crippen LogP contribution is 2.20. The zero-order chi connectivity index (χ0) is 14.5. The summed E-state index contributed by atoms with van der Waals surface area (Å²) in [7, 11) is 0.